The predicted molar refractivity (Wildman–Crippen MR) is 322 cm³/mol. The molecule has 0 N–H and O–H groups in total. The monoisotopic (exact) mass is 1020 g/mol. The van der Waals surface area contributed by atoms with Gasteiger partial charge in [0.2, 0.25) is 11.8 Å². The third-order valence-electron chi connectivity index (χ3n) is 15.9. The third kappa shape index (κ3) is 49.7. The molecule has 6 heteroatoms. The number of hydrogen-bond donors (Lipinski definition) is 0. The number of nitrogens with zero attached hydrogens (tertiary/aromatic N) is 4. The fourth-order valence-electron chi connectivity index (χ4n) is 10.8. The van der Waals surface area contributed by atoms with E-state index in [9.17, 15) is 9.59 Å². The number of carbonyl (C=O) groups excluding carboxylic acids is 2. The summed E-state index contributed by atoms with van der Waals surface area (Å²) < 4.78 is 0. The number of amides is 2. The maximum Gasteiger partial charge on any atom is 0.222 e. The van der Waals surface area contributed by atoms with Gasteiger partial charge in [0.25, 0.3) is 0 Å². The van der Waals surface area contributed by atoms with Gasteiger partial charge < -0.3 is 19.6 Å². The molecule has 0 bridgehead atoms. The van der Waals surface area contributed by atoms with Gasteiger partial charge in [0.05, 0.1) is 0 Å². The van der Waals surface area contributed by atoms with E-state index < -0.39 is 0 Å². The van der Waals surface area contributed by atoms with Crippen LogP contribution < -0.4 is 0 Å². The second-order valence-corrected chi connectivity index (χ2v) is 23.1. The molecule has 0 radical (unpaired) electrons. The van der Waals surface area contributed by atoms with Gasteiger partial charge in [-0.3, -0.25) is 9.59 Å². The van der Waals surface area contributed by atoms with Gasteiger partial charge in [0.15, 0.2) is 0 Å². The van der Waals surface area contributed by atoms with Crippen molar-refractivity contribution in [3.05, 3.63) is 0 Å². The largest absolute Gasteiger partial charge is 0.343 e. The van der Waals surface area contributed by atoms with Crippen molar-refractivity contribution >= 4 is 11.8 Å². The van der Waals surface area contributed by atoms with E-state index >= 15 is 0 Å². The second kappa shape index (κ2) is 59.1. The summed E-state index contributed by atoms with van der Waals surface area (Å²) in [7, 11) is 0. The van der Waals surface area contributed by atoms with Crippen LogP contribution in [0.15, 0.2) is 0 Å². The molecule has 0 aromatic rings. The van der Waals surface area contributed by atoms with Gasteiger partial charge in [-0.15, -0.1) is 0 Å². The summed E-state index contributed by atoms with van der Waals surface area (Å²) in [5.74, 6) is 0.839. The van der Waals surface area contributed by atoms with Crippen LogP contribution in [0.1, 0.15) is 350 Å². The molecule has 0 aromatic carbocycles. The predicted octanol–water partition coefficient (Wildman–Crippen LogP) is 20.1. The van der Waals surface area contributed by atoms with E-state index in [4.69, 9.17) is 0 Å². The molecule has 72 heavy (non-hydrogen) atoms. The van der Waals surface area contributed by atoms with Crippen molar-refractivity contribution in [1.29, 1.82) is 0 Å². The van der Waals surface area contributed by atoms with Gasteiger partial charge in [-0.25, -0.2) is 0 Å². The topological polar surface area (TPSA) is 47.1 Å². The van der Waals surface area contributed by atoms with Gasteiger partial charge in [0, 0.05) is 52.1 Å². The first-order valence-electron chi connectivity index (χ1n) is 33.5. The molecule has 0 aliphatic carbocycles. The third-order valence-corrected chi connectivity index (χ3v) is 15.9. The van der Waals surface area contributed by atoms with E-state index in [0.29, 0.717) is 11.8 Å². The first-order valence-corrected chi connectivity index (χ1v) is 33.5. The van der Waals surface area contributed by atoms with Crippen LogP contribution in [0.2, 0.25) is 0 Å². The lowest BCUT2D eigenvalue weighted by molar-refractivity contribution is -0.132. The first kappa shape index (κ1) is 70.9. The molecule has 0 fully saturated rings. The molecule has 0 spiro atoms. The Morgan fingerprint density at radius 1 is 0.194 bits per heavy atom. The van der Waals surface area contributed by atoms with Gasteiger partial charge >= 0.3 is 0 Å². The van der Waals surface area contributed by atoms with Crippen LogP contribution >= 0.6 is 0 Å². The average Bonchev–Trinajstić information content (AvgIpc) is 3.38. The maximum atomic E-state index is 13.8. The van der Waals surface area contributed by atoms with Crippen molar-refractivity contribution in [2.24, 2.45) is 0 Å². The maximum absolute atomic E-state index is 13.8. The molecular formula is C66H134N4O2. The Kier molecular flexibility index (Phi) is 58.2. The summed E-state index contributed by atoms with van der Waals surface area (Å²) >= 11 is 0. The summed E-state index contributed by atoms with van der Waals surface area (Å²) in [5.41, 5.74) is 0. The zero-order valence-electron chi connectivity index (χ0n) is 50.6. The minimum Gasteiger partial charge on any atom is -0.343 e. The molecule has 0 rings (SSSR count). The first-order chi connectivity index (χ1) is 35.5. The number of rotatable bonds is 61. The average molecular weight is 1020 g/mol. The summed E-state index contributed by atoms with van der Waals surface area (Å²) in [5, 5.41) is 0. The highest BCUT2D eigenvalue weighted by atomic mass is 16.2. The number of unbranched alkanes of at least 4 members (excludes halogenated alkanes) is 38. The quantitative estimate of drug-likeness (QED) is 0.0570. The van der Waals surface area contributed by atoms with E-state index in [2.05, 4.69) is 61.1 Å². The van der Waals surface area contributed by atoms with Crippen LogP contribution in [0.25, 0.3) is 0 Å². The van der Waals surface area contributed by atoms with Gasteiger partial charge in [0.1, 0.15) is 0 Å². The molecule has 430 valence electrons. The SMILES string of the molecule is CCCCCCCCCCN(CCCCCCCCCC)C(=O)CCCCCN(CCCCCC(=O)N(CCCCCCCCCC)CCCCCCCCCC)CCN(CCCCCC)CCCCCC. The fourth-order valence-corrected chi connectivity index (χ4v) is 10.8. The van der Waals surface area contributed by atoms with Crippen LogP contribution in [0.3, 0.4) is 0 Å². The van der Waals surface area contributed by atoms with Crippen LogP contribution in [0.4, 0.5) is 0 Å². The molecule has 0 saturated heterocycles. The smallest absolute Gasteiger partial charge is 0.222 e. The Bertz CT molecular complexity index is 952. The molecule has 0 atom stereocenters. The Morgan fingerprint density at radius 2 is 0.361 bits per heavy atom. The van der Waals surface area contributed by atoms with Crippen molar-refractivity contribution in [2.45, 2.75) is 350 Å². The molecule has 0 aliphatic rings. The van der Waals surface area contributed by atoms with E-state index in [1.54, 1.807) is 0 Å². The van der Waals surface area contributed by atoms with Crippen molar-refractivity contribution in [2.75, 3.05) is 65.4 Å². The zero-order valence-corrected chi connectivity index (χ0v) is 50.6. The van der Waals surface area contributed by atoms with Crippen LogP contribution in [0, 0.1) is 0 Å². The summed E-state index contributed by atoms with van der Waals surface area (Å²) in [6.45, 7) is 24.8. The molecule has 2 amide bonds. The zero-order chi connectivity index (χ0) is 52.5. The van der Waals surface area contributed by atoms with Gasteiger partial charge in [-0.05, 0) is 90.4 Å². The van der Waals surface area contributed by atoms with Crippen molar-refractivity contribution < 1.29 is 9.59 Å². The molecule has 0 unspecified atom stereocenters. The van der Waals surface area contributed by atoms with E-state index in [1.807, 2.05) is 0 Å². The lowest BCUT2D eigenvalue weighted by Crippen LogP contribution is -2.37. The van der Waals surface area contributed by atoms with E-state index in [-0.39, 0.29) is 0 Å². The lowest BCUT2D eigenvalue weighted by Gasteiger charge is -2.28. The second-order valence-electron chi connectivity index (χ2n) is 23.1. The Balaban J connectivity index is 5.40. The molecule has 0 aliphatic heterocycles. The van der Waals surface area contributed by atoms with Crippen molar-refractivity contribution in [3.63, 3.8) is 0 Å². The fraction of sp³-hybridized carbons (Fsp3) is 0.970. The van der Waals surface area contributed by atoms with E-state index in [0.717, 1.165) is 84.3 Å². The molecule has 6 nitrogen and oxygen atoms in total. The molecular weight excluding hydrogens is 881 g/mol. The highest BCUT2D eigenvalue weighted by Gasteiger charge is 2.16. The lowest BCUT2D eigenvalue weighted by atomic mass is 10.1. The van der Waals surface area contributed by atoms with E-state index in [1.165, 1.54) is 289 Å². The van der Waals surface area contributed by atoms with Crippen molar-refractivity contribution in [3.8, 4) is 0 Å². The molecule has 0 heterocycles. The Hall–Kier alpha value is -1.14. The summed E-state index contributed by atoms with van der Waals surface area (Å²) in [6, 6.07) is 0. The van der Waals surface area contributed by atoms with Crippen LogP contribution in [-0.4, -0.2) is 96.9 Å². The summed E-state index contributed by atoms with van der Waals surface area (Å²) in [6.07, 6.45) is 61.1. The summed E-state index contributed by atoms with van der Waals surface area (Å²) in [4.78, 5) is 37.6. The molecule has 0 saturated carbocycles. The number of carbonyl (C=O) groups is 2. The minimum absolute atomic E-state index is 0.420. The highest BCUT2D eigenvalue weighted by Crippen LogP contribution is 2.17. The van der Waals surface area contributed by atoms with Gasteiger partial charge in [-0.2, -0.15) is 0 Å². The van der Waals surface area contributed by atoms with Crippen LogP contribution in [-0.2, 0) is 9.59 Å². The Morgan fingerprint density at radius 3 is 0.583 bits per heavy atom. The highest BCUT2D eigenvalue weighted by molar-refractivity contribution is 5.76. The minimum atomic E-state index is 0.420. The van der Waals surface area contributed by atoms with Gasteiger partial charge in [-0.1, -0.05) is 273 Å². The van der Waals surface area contributed by atoms with Crippen LogP contribution in [0.5, 0.6) is 0 Å². The number of hydrogen-bond acceptors (Lipinski definition) is 4. The normalized spacial score (nSPS) is 11.7. The molecule has 0 aromatic heterocycles. The Labute approximate surface area is 454 Å². The van der Waals surface area contributed by atoms with Crippen molar-refractivity contribution in [1.82, 2.24) is 19.6 Å². The standard InChI is InChI=1S/C66H134N4O2/c1-7-13-19-25-29-33-37-49-59-69(60-50-38-34-30-26-20-14-8-2)65(71)53-43-41-47-57-68(64-63-67(55-45-23-17-11-5)56-46-24-18-12-6)58-48-42-44-54-66(72)70(61-51-39-35-31-27-21-15-9-3)62-52-40-36-32-28-22-16-10-4/h7-64H2,1-6H3.